The van der Waals surface area contributed by atoms with Crippen LogP contribution in [-0.2, 0) is 9.59 Å². The second kappa shape index (κ2) is 24.9. The molecule has 230 valence electrons. The summed E-state index contributed by atoms with van der Waals surface area (Å²) in [6.45, 7) is 4.53. The molecule has 0 saturated heterocycles. The van der Waals surface area contributed by atoms with Gasteiger partial charge in [0.05, 0.1) is 0 Å². The molecule has 0 aliphatic rings. The van der Waals surface area contributed by atoms with E-state index < -0.39 is 0 Å². The monoisotopic (exact) mass is 556 g/mol. The second-order valence-corrected chi connectivity index (χ2v) is 12.0. The van der Waals surface area contributed by atoms with E-state index >= 15 is 0 Å². The van der Waals surface area contributed by atoms with Crippen LogP contribution < -0.4 is 9.80 Å². The van der Waals surface area contributed by atoms with Crippen molar-refractivity contribution in [2.24, 2.45) is 0 Å². The number of carbonyl (C=O) groups is 2. The predicted octanol–water partition coefficient (Wildman–Crippen LogP) is 11.0. The van der Waals surface area contributed by atoms with Gasteiger partial charge in [-0.15, -0.1) is 0 Å². The Bertz CT molecular complexity index is 683. The Morgan fingerprint density at radius 1 is 0.425 bits per heavy atom. The van der Waals surface area contributed by atoms with E-state index in [4.69, 9.17) is 0 Å². The highest BCUT2D eigenvalue weighted by molar-refractivity contribution is 5.95. The number of unbranched alkanes of at least 4 members (excludes halogenated alkanes) is 20. The third kappa shape index (κ3) is 17.8. The summed E-state index contributed by atoms with van der Waals surface area (Å²) in [6.07, 6.45) is 29.6. The van der Waals surface area contributed by atoms with Gasteiger partial charge >= 0.3 is 0 Å². The van der Waals surface area contributed by atoms with Gasteiger partial charge in [0, 0.05) is 38.3 Å². The molecule has 0 bridgehead atoms. The summed E-state index contributed by atoms with van der Waals surface area (Å²) < 4.78 is 0. The van der Waals surface area contributed by atoms with Crippen LogP contribution in [0.3, 0.4) is 0 Å². The first-order valence-electron chi connectivity index (χ1n) is 17.1. The van der Waals surface area contributed by atoms with Gasteiger partial charge in [-0.3, -0.25) is 9.59 Å². The summed E-state index contributed by atoms with van der Waals surface area (Å²) >= 11 is 0. The number of hydrogen-bond donors (Lipinski definition) is 0. The Balaban J connectivity index is 2.16. The van der Waals surface area contributed by atoms with Crippen molar-refractivity contribution in [1.82, 2.24) is 0 Å². The van der Waals surface area contributed by atoms with Crippen molar-refractivity contribution in [2.75, 3.05) is 23.9 Å². The van der Waals surface area contributed by atoms with Crippen molar-refractivity contribution in [1.29, 1.82) is 0 Å². The van der Waals surface area contributed by atoms with E-state index in [-0.39, 0.29) is 11.8 Å². The first-order valence-corrected chi connectivity index (χ1v) is 17.1. The SMILES string of the molecule is CCCCCCCCCCCCCC(=O)N(C)c1ccc(N(C)C(=O)CCCCCCCCCCCCC)cc1. The first-order chi connectivity index (χ1) is 19.5. The summed E-state index contributed by atoms with van der Waals surface area (Å²) in [5.74, 6) is 0.342. The molecule has 1 aromatic carbocycles. The molecule has 0 saturated carbocycles. The maximum absolute atomic E-state index is 12.7. The average Bonchev–Trinajstić information content (AvgIpc) is 2.97. The molecule has 1 aromatic rings. The van der Waals surface area contributed by atoms with Crippen molar-refractivity contribution in [2.45, 2.75) is 168 Å². The molecule has 1 rings (SSSR count). The summed E-state index contributed by atoms with van der Waals surface area (Å²) in [5.41, 5.74) is 1.78. The van der Waals surface area contributed by atoms with Crippen LogP contribution in [0.1, 0.15) is 168 Å². The van der Waals surface area contributed by atoms with Crippen molar-refractivity contribution in [3.63, 3.8) is 0 Å². The molecule has 0 radical (unpaired) electrons. The van der Waals surface area contributed by atoms with E-state index in [0.717, 1.165) is 37.1 Å². The summed E-state index contributed by atoms with van der Waals surface area (Å²) in [5, 5.41) is 0. The molecule has 0 unspecified atom stereocenters. The van der Waals surface area contributed by atoms with Crippen LogP contribution in [0.4, 0.5) is 11.4 Å². The van der Waals surface area contributed by atoms with Crippen molar-refractivity contribution < 1.29 is 9.59 Å². The minimum atomic E-state index is 0.171. The summed E-state index contributed by atoms with van der Waals surface area (Å²) in [6, 6.07) is 7.83. The van der Waals surface area contributed by atoms with Crippen LogP contribution in [0, 0.1) is 0 Å². The Labute approximate surface area is 248 Å². The second-order valence-electron chi connectivity index (χ2n) is 12.0. The smallest absolute Gasteiger partial charge is 0.226 e. The van der Waals surface area contributed by atoms with Gasteiger partial charge in [-0.1, -0.05) is 142 Å². The highest BCUT2D eigenvalue weighted by Gasteiger charge is 2.13. The molecule has 0 aromatic heterocycles. The van der Waals surface area contributed by atoms with E-state index in [1.54, 1.807) is 9.80 Å². The van der Waals surface area contributed by atoms with E-state index in [1.807, 2.05) is 38.4 Å². The number of hydrogen-bond acceptors (Lipinski definition) is 2. The largest absolute Gasteiger partial charge is 0.316 e. The van der Waals surface area contributed by atoms with Crippen molar-refractivity contribution >= 4 is 23.2 Å². The molecular weight excluding hydrogens is 492 g/mol. The van der Waals surface area contributed by atoms with Crippen LogP contribution >= 0.6 is 0 Å². The third-order valence-electron chi connectivity index (χ3n) is 8.36. The maximum Gasteiger partial charge on any atom is 0.226 e. The van der Waals surface area contributed by atoms with Gasteiger partial charge in [0.2, 0.25) is 11.8 Å². The van der Waals surface area contributed by atoms with Gasteiger partial charge < -0.3 is 9.80 Å². The highest BCUT2D eigenvalue weighted by Crippen LogP contribution is 2.22. The molecule has 0 aliphatic heterocycles. The van der Waals surface area contributed by atoms with E-state index in [2.05, 4.69) is 13.8 Å². The minimum Gasteiger partial charge on any atom is -0.316 e. The van der Waals surface area contributed by atoms with Crippen LogP contribution in [0.25, 0.3) is 0 Å². The quantitative estimate of drug-likeness (QED) is 0.106. The third-order valence-corrected chi connectivity index (χ3v) is 8.36. The number of anilines is 2. The zero-order valence-corrected chi connectivity index (χ0v) is 27.0. The van der Waals surface area contributed by atoms with E-state index in [9.17, 15) is 9.59 Å². The molecule has 0 aliphatic carbocycles. The molecule has 0 fully saturated rings. The van der Waals surface area contributed by atoms with Gasteiger partial charge in [0.15, 0.2) is 0 Å². The minimum absolute atomic E-state index is 0.171. The summed E-state index contributed by atoms with van der Waals surface area (Å²) in [7, 11) is 3.72. The first kappa shape index (κ1) is 36.2. The number of benzene rings is 1. The zero-order chi connectivity index (χ0) is 29.3. The van der Waals surface area contributed by atoms with E-state index in [0.29, 0.717) is 12.8 Å². The van der Waals surface area contributed by atoms with Gasteiger partial charge in [-0.25, -0.2) is 0 Å². The van der Waals surface area contributed by atoms with Gasteiger partial charge in [0.25, 0.3) is 0 Å². The number of amides is 2. The predicted molar refractivity (Wildman–Crippen MR) is 175 cm³/mol. The fraction of sp³-hybridized carbons (Fsp3) is 0.778. The molecule has 2 amide bonds. The van der Waals surface area contributed by atoms with Crippen LogP contribution in [0.2, 0.25) is 0 Å². The summed E-state index contributed by atoms with van der Waals surface area (Å²) in [4.78, 5) is 28.9. The van der Waals surface area contributed by atoms with Crippen molar-refractivity contribution in [3.05, 3.63) is 24.3 Å². The Kier molecular flexibility index (Phi) is 22.5. The molecule has 40 heavy (non-hydrogen) atoms. The zero-order valence-electron chi connectivity index (χ0n) is 27.0. The van der Waals surface area contributed by atoms with Gasteiger partial charge in [-0.05, 0) is 37.1 Å². The Morgan fingerprint density at radius 3 is 0.900 bits per heavy atom. The van der Waals surface area contributed by atoms with Gasteiger partial charge in [-0.2, -0.15) is 0 Å². The normalized spacial score (nSPS) is 11.1. The topological polar surface area (TPSA) is 40.6 Å². The fourth-order valence-electron chi connectivity index (χ4n) is 5.40. The molecular formula is C36H64N2O2. The number of carbonyl (C=O) groups excluding carboxylic acids is 2. The van der Waals surface area contributed by atoms with Gasteiger partial charge in [0.1, 0.15) is 0 Å². The Morgan fingerprint density at radius 2 is 0.650 bits per heavy atom. The molecule has 0 heterocycles. The Hall–Kier alpha value is -1.84. The number of nitrogens with zero attached hydrogens (tertiary/aromatic N) is 2. The lowest BCUT2D eigenvalue weighted by molar-refractivity contribution is -0.119. The van der Waals surface area contributed by atoms with Crippen LogP contribution in [0.15, 0.2) is 24.3 Å². The molecule has 0 spiro atoms. The lowest BCUT2D eigenvalue weighted by Gasteiger charge is -2.21. The van der Waals surface area contributed by atoms with Crippen LogP contribution in [-0.4, -0.2) is 25.9 Å². The molecule has 4 nitrogen and oxygen atoms in total. The molecule has 0 atom stereocenters. The van der Waals surface area contributed by atoms with Crippen molar-refractivity contribution in [3.8, 4) is 0 Å². The maximum atomic E-state index is 12.7. The highest BCUT2D eigenvalue weighted by atomic mass is 16.2. The number of rotatable bonds is 26. The van der Waals surface area contributed by atoms with Crippen LogP contribution in [0.5, 0.6) is 0 Å². The fourth-order valence-corrected chi connectivity index (χ4v) is 5.40. The standard InChI is InChI=1S/C36H64N2O2/c1-5-7-9-11-13-15-17-19-21-23-25-27-35(39)37(3)33-29-31-34(32-30-33)38(4)36(40)28-26-24-22-20-18-16-14-12-10-8-6-2/h29-32H,5-28H2,1-4H3. The molecule has 0 N–H and O–H groups in total. The lowest BCUT2D eigenvalue weighted by Crippen LogP contribution is -2.27. The lowest BCUT2D eigenvalue weighted by atomic mass is 10.0. The average molecular weight is 557 g/mol. The van der Waals surface area contributed by atoms with E-state index in [1.165, 1.54) is 116 Å². The molecule has 4 heteroatoms.